The lowest BCUT2D eigenvalue weighted by molar-refractivity contribution is 0.00505. The summed E-state index contributed by atoms with van der Waals surface area (Å²) in [6.07, 6.45) is 1.62. The summed E-state index contributed by atoms with van der Waals surface area (Å²) in [7, 11) is 3.53. The molecule has 0 spiro atoms. The highest BCUT2D eigenvalue weighted by molar-refractivity contribution is 5.65. The molecule has 1 aromatic heterocycles. The van der Waals surface area contributed by atoms with E-state index in [1.54, 1.807) is 11.8 Å². The molecule has 0 radical (unpaired) electrons. The number of methoxy groups -OCH3 is 1. The Morgan fingerprint density at radius 2 is 1.97 bits per heavy atom. The van der Waals surface area contributed by atoms with Gasteiger partial charge in [0.1, 0.15) is 17.2 Å². The summed E-state index contributed by atoms with van der Waals surface area (Å²) < 4.78 is 25.0. The van der Waals surface area contributed by atoms with Crippen LogP contribution in [0, 0.1) is 0 Å². The van der Waals surface area contributed by atoms with Crippen LogP contribution in [0.3, 0.4) is 0 Å². The molecule has 0 bridgehead atoms. The van der Waals surface area contributed by atoms with Crippen LogP contribution in [0.5, 0.6) is 17.4 Å². The van der Waals surface area contributed by atoms with Crippen LogP contribution in [0.15, 0.2) is 54.6 Å². The van der Waals surface area contributed by atoms with Gasteiger partial charge in [-0.2, -0.15) is 5.10 Å². The van der Waals surface area contributed by atoms with Crippen molar-refractivity contribution < 1.29 is 24.1 Å². The molecule has 2 heterocycles. The molecule has 0 aliphatic carbocycles. The first-order valence-electron chi connectivity index (χ1n) is 12.6. The van der Waals surface area contributed by atoms with Crippen LogP contribution in [0.4, 0.5) is 0 Å². The SMILES string of the molecule is CCOC[C@@H](O)CN(Cc1c(-c2ccccc2)nn(C)c1Oc1cccc(OC)c1)C[C@@H]1CCCO1. The van der Waals surface area contributed by atoms with E-state index in [4.69, 9.17) is 24.0 Å². The number of aliphatic hydroxyl groups excluding tert-OH is 1. The lowest BCUT2D eigenvalue weighted by atomic mass is 10.1. The van der Waals surface area contributed by atoms with Gasteiger partial charge in [-0.3, -0.25) is 4.90 Å². The third-order valence-corrected chi connectivity index (χ3v) is 6.24. The second-order valence-electron chi connectivity index (χ2n) is 9.05. The molecule has 0 amide bonds. The molecule has 2 aromatic carbocycles. The third-order valence-electron chi connectivity index (χ3n) is 6.24. The Kier molecular flexibility index (Phi) is 9.35. The summed E-state index contributed by atoms with van der Waals surface area (Å²) in [5.74, 6) is 2.04. The Hall–Kier alpha value is -2.91. The van der Waals surface area contributed by atoms with Crippen molar-refractivity contribution in [2.75, 3.05) is 40.0 Å². The Bertz CT molecular complexity index is 1080. The second-order valence-corrected chi connectivity index (χ2v) is 9.05. The molecular formula is C28H37N3O5. The van der Waals surface area contributed by atoms with Crippen molar-refractivity contribution in [3.8, 4) is 28.6 Å². The molecule has 2 atom stereocenters. The highest BCUT2D eigenvalue weighted by atomic mass is 16.5. The van der Waals surface area contributed by atoms with Crippen molar-refractivity contribution >= 4 is 0 Å². The van der Waals surface area contributed by atoms with Gasteiger partial charge in [0.25, 0.3) is 0 Å². The number of aryl methyl sites for hydroxylation is 1. The highest BCUT2D eigenvalue weighted by Crippen LogP contribution is 2.35. The summed E-state index contributed by atoms with van der Waals surface area (Å²) in [6, 6.07) is 17.6. The van der Waals surface area contributed by atoms with Crippen LogP contribution in [0.1, 0.15) is 25.3 Å². The van der Waals surface area contributed by atoms with Gasteiger partial charge in [0, 0.05) is 51.5 Å². The van der Waals surface area contributed by atoms with Crippen LogP contribution in [-0.2, 0) is 23.1 Å². The predicted molar refractivity (Wildman–Crippen MR) is 138 cm³/mol. The molecule has 8 heteroatoms. The molecule has 0 saturated carbocycles. The van der Waals surface area contributed by atoms with Gasteiger partial charge in [0.2, 0.25) is 5.88 Å². The maximum absolute atomic E-state index is 10.7. The van der Waals surface area contributed by atoms with Crippen LogP contribution >= 0.6 is 0 Å². The summed E-state index contributed by atoms with van der Waals surface area (Å²) in [6.45, 7) is 5.30. The predicted octanol–water partition coefficient (Wildman–Crippen LogP) is 4.27. The Balaban J connectivity index is 1.67. The van der Waals surface area contributed by atoms with Crippen LogP contribution in [0.2, 0.25) is 0 Å². The van der Waals surface area contributed by atoms with E-state index in [-0.39, 0.29) is 6.10 Å². The maximum Gasteiger partial charge on any atom is 0.222 e. The summed E-state index contributed by atoms with van der Waals surface area (Å²) in [4.78, 5) is 2.22. The molecular weight excluding hydrogens is 458 g/mol. The van der Waals surface area contributed by atoms with Gasteiger partial charge in [-0.1, -0.05) is 36.4 Å². The Morgan fingerprint density at radius 1 is 1.17 bits per heavy atom. The average molecular weight is 496 g/mol. The fraction of sp³-hybridized carbons (Fsp3) is 0.464. The van der Waals surface area contributed by atoms with Gasteiger partial charge >= 0.3 is 0 Å². The van der Waals surface area contributed by atoms with Gasteiger partial charge in [0.15, 0.2) is 0 Å². The monoisotopic (exact) mass is 495 g/mol. The third kappa shape index (κ3) is 6.85. The Morgan fingerprint density at radius 3 is 2.69 bits per heavy atom. The van der Waals surface area contributed by atoms with E-state index in [9.17, 15) is 5.11 Å². The molecule has 1 aliphatic rings. The zero-order chi connectivity index (χ0) is 25.3. The molecule has 1 fully saturated rings. The second kappa shape index (κ2) is 12.9. The minimum atomic E-state index is -0.606. The maximum atomic E-state index is 10.7. The number of aromatic nitrogens is 2. The van der Waals surface area contributed by atoms with Gasteiger partial charge in [-0.05, 0) is 31.9 Å². The molecule has 36 heavy (non-hydrogen) atoms. The smallest absolute Gasteiger partial charge is 0.222 e. The number of hydrogen-bond acceptors (Lipinski definition) is 7. The lowest BCUT2D eigenvalue weighted by Gasteiger charge is -2.27. The quantitative estimate of drug-likeness (QED) is 0.379. The molecule has 0 unspecified atom stereocenters. The largest absolute Gasteiger partial charge is 0.497 e. The van der Waals surface area contributed by atoms with E-state index < -0.39 is 6.10 Å². The van der Waals surface area contributed by atoms with E-state index >= 15 is 0 Å². The van der Waals surface area contributed by atoms with Gasteiger partial charge in [-0.25, -0.2) is 4.68 Å². The first-order valence-corrected chi connectivity index (χ1v) is 12.6. The van der Waals surface area contributed by atoms with Crippen molar-refractivity contribution in [3.05, 3.63) is 60.2 Å². The van der Waals surface area contributed by atoms with E-state index in [2.05, 4.69) is 17.0 Å². The number of rotatable bonds is 13. The van der Waals surface area contributed by atoms with Gasteiger partial charge in [-0.15, -0.1) is 0 Å². The normalized spacial score (nSPS) is 16.4. The van der Waals surface area contributed by atoms with Crippen molar-refractivity contribution in [2.45, 2.75) is 38.5 Å². The van der Waals surface area contributed by atoms with Crippen LogP contribution < -0.4 is 9.47 Å². The van der Waals surface area contributed by atoms with E-state index in [0.29, 0.717) is 44.5 Å². The minimum Gasteiger partial charge on any atom is -0.497 e. The first-order chi connectivity index (χ1) is 17.6. The van der Waals surface area contributed by atoms with Gasteiger partial charge < -0.3 is 24.1 Å². The molecule has 1 aliphatic heterocycles. The zero-order valence-electron chi connectivity index (χ0n) is 21.4. The minimum absolute atomic E-state index is 0.142. The lowest BCUT2D eigenvalue weighted by Crippen LogP contribution is -2.39. The van der Waals surface area contributed by atoms with Crippen molar-refractivity contribution in [1.29, 1.82) is 0 Å². The molecule has 1 N–H and O–H groups in total. The molecule has 3 aromatic rings. The average Bonchev–Trinajstić information content (AvgIpc) is 3.51. The number of nitrogens with zero attached hydrogens (tertiary/aromatic N) is 3. The fourth-order valence-electron chi connectivity index (χ4n) is 4.54. The molecule has 8 nitrogen and oxygen atoms in total. The molecule has 1 saturated heterocycles. The van der Waals surface area contributed by atoms with E-state index in [1.165, 1.54) is 0 Å². The van der Waals surface area contributed by atoms with E-state index in [0.717, 1.165) is 42.0 Å². The summed E-state index contributed by atoms with van der Waals surface area (Å²) in [5.41, 5.74) is 2.82. The number of ether oxygens (including phenoxy) is 4. The highest BCUT2D eigenvalue weighted by Gasteiger charge is 2.26. The topological polar surface area (TPSA) is 78.2 Å². The molecule has 4 rings (SSSR count). The number of aliphatic hydroxyl groups is 1. The summed E-state index contributed by atoms with van der Waals surface area (Å²) >= 11 is 0. The number of hydrogen-bond donors (Lipinski definition) is 1. The number of benzene rings is 2. The van der Waals surface area contributed by atoms with Crippen molar-refractivity contribution in [2.24, 2.45) is 7.05 Å². The van der Waals surface area contributed by atoms with Crippen LogP contribution in [0.25, 0.3) is 11.3 Å². The fourth-order valence-corrected chi connectivity index (χ4v) is 4.54. The summed E-state index contributed by atoms with van der Waals surface area (Å²) in [5, 5.41) is 15.5. The Labute approximate surface area is 213 Å². The van der Waals surface area contributed by atoms with Crippen LogP contribution in [-0.4, -0.2) is 72.0 Å². The zero-order valence-corrected chi connectivity index (χ0v) is 21.4. The van der Waals surface area contributed by atoms with Gasteiger partial charge in [0.05, 0.1) is 31.5 Å². The van der Waals surface area contributed by atoms with Crippen molar-refractivity contribution in [3.63, 3.8) is 0 Å². The standard InChI is InChI=1S/C28H37N3O5/c1-4-34-20-22(32)17-31(18-25-14-9-15-35-25)19-26-27(21-10-6-5-7-11-21)29-30(2)28(26)36-24-13-8-12-23(16-24)33-3/h5-8,10-13,16,22,25,32H,4,9,14-15,17-20H2,1-3H3/t22-,25-/m0/s1. The van der Waals surface area contributed by atoms with E-state index in [1.807, 2.05) is 56.4 Å². The van der Waals surface area contributed by atoms with Crippen molar-refractivity contribution in [1.82, 2.24) is 14.7 Å². The first kappa shape index (κ1) is 26.2. The molecule has 194 valence electrons.